The molecule has 8 heteroatoms. The fourth-order valence-corrected chi connectivity index (χ4v) is 4.91. The topological polar surface area (TPSA) is 75.0 Å². The van der Waals surface area contributed by atoms with Crippen LogP contribution in [0.3, 0.4) is 0 Å². The van der Waals surface area contributed by atoms with Crippen molar-refractivity contribution in [1.82, 2.24) is 0 Å². The Kier molecular flexibility index (Phi) is 5.66. The standard InChI is InChI=1S/C22H16BrO6P/c1-26-19-14-16(23)12-15-13-20(22(24)27-21(15)19)30(25,28-17-8-4-2-5-9-17)29-18-10-6-3-7-11-18/h2-14H,1H3. The van der Waals surface area contributed by atoms with Gasteiger partial charge in [0.15, 0.2) is 16.6 Å². The van der Waals surface area contributed by atoms with Crippen LogP contribution in [0.5, 0.6) is 17.2 Å². The highest BCUT2D eigenvalue weighted by Gasteiger charge is 2.36. The minimum absolute atomic E-state index is 0.220. The number of benzene rings is 3. The van der Waals surface area contributed by atoms with Crippen LogP contribution in [-0.4, -0.2) is 7.11 Å². The lowest BCUT2D eigenvalue weighted by Crippen LogP contribution is -2.28. The summed E-state index contributed by atoms with van der Waals surface area (Å²) >= 11 is 3.39. The van der Waals surface area contributed by atoms with Crippen molar-refractivity contribution in [2.24, 2.45) is 0 Å². The Hall–Kier alpha value is -3.02. The van der Waals surface area contributed by atoms with Crippen LogP contribution in [-0.2, 0) is 4.57 Å². The van der Waals surface area contributed by atoms with E-state index >= 15 is 0 Å². The van der Waals surface area contributed by atoms with E-state index in [0.29, 0.717) is 27.1 Å². The maximum atomic E-state index is 13.9. The summed E-state index contributed by atoms with van der Waals surface area (Å²) in [4.78, 5) is 12.8. The summed E-state index contributed by atoms with van der Waals surface area (Å²) in [6, 6.07) is 21.9. The first-order chi connectivity index (χ1) is 14.5. The Morgan fingerprint density at radius 2 is 1.43 bits per heavy atom. The van der Waals surface area contributed by atoms with Gasteiger partial charge in [0.1, 0.15) is 11.5 Å². The second kappa shape index (κ2) is 8.38. The molecule has 0 bridgehead atoms. The SMILES string of the molecule is COc1cc(Br)cc2cc(P(=O)(Oc3ccccc3)Oc3ccccc3)c(=O)oc12. The third kappa shape index (κ3) is 4.13. The second-order valence-corrected chi connectivity index (χ2v) is 9.01. The average molecular weight is 487 g/mol. The lowest BCUT2D eigenvalue weighted by atomic mass is 10.2. The predicted octanol–water partition coefficient (Wildman–Crippen LogP) is 5.54. The molecule has 30 heavy (non-hydrogen) atoms. The van der Waals surface area contributed by atoms with Crippen molar-refractivity contribution in [2.75, 3.05) is 7.11 Å². The van der Waals surface area contributed by atoms with Gasteiger partial charge in [-0.15, -0.1) is 0 Å². The molecule has 0 fully saturated rings. The van der Waals surface area contributed by atoms with Gasteiger partial charge in [-0.3, -0.25) is 0 Å². The molecule has 0 unspecified atom stereocenters. The van der Waals surface area contributed by atoms with Gasteiger partial charge in [0.25, 0.3) is 0 Å². The van der Waals surface area contributed by atoms with E-state index in [1.165, 1.54) is 13.2 Å². The molecule has 1 heterocycles. The highest BCUT2D eigenvalue weighted by atomic mass is 79.9. The zero-order valence-corrected chi connectivity index (χ0v) is 18.3. The molecule has 0 radical (unpaired) electrons. The van der Waals surface area contributed by atoms with Gasteiger partial charge in [-0.05, 0) is 42.5 Å². The van der Waals surface area contributed by atoms with Gasteiger partial charge in [0.2, 0.25) is 0 Å². The van der Waals surface area contributed by atoms with Crippen molar-refractivity contribution in [3.8, 4) is 17.2 Å². The van der Waals surface area contributed by atoms with E-state index in [4.69, 9.17) is 18.2 Å². The third-order valence-corrected chi connectivity index (χ3v) is 6.46. The molecule has 6 nitrogen and oxygen atoms in total. The molecule has 4 aromatic rings. The highest BCUT2D eigenvalue weighted by Crippen LogP contribution is 2.47. The lowest BCUT2D eigenvalue weighted by molar-refractivity contribution is 0.395. The number of ether oxygens (including phenoxy) is 1. The van der Waals surface area contributed by atoms with Crippen molar-refractivity contribution >= 4 is 39.8 Å². The molecule has 0 spiro atoms. The monoisotopic (exact) mass is 486 g/mol. The summed E-state index contributed by atoms with van der Waals surface area (Å²) in [6.07, 6.45) is 0. The van der Waals surface area contributed by atoms with Crippen LogP contribution in [0.4, 0.5) is 0 Å². The molecule has 3 aromatic carbocycles. The summed E-state index contributed by atoms with van der Waals surface area (Å²) in [7, 11) is -2.69. The fourth-order valence-electron chi connectivity index (χ4n) is 2.86. The van der Waals surface area contributed by atoms with Crippen LogP contribution in [0.1, 0.15) is 0 Å². The van der Waals surface area contributed by atoms with Gasteiger partial charge in [-0.1, -0.05) is 52.3 Å². The first kappa shape index (κ1) is 20.3. The van der Waals surface area contributed by atoms with Crippen LogP contribution in [0, 0.1) is 0 Å². The molecule has 1 aromatic heterocycles. The number of rotatable bonds is 6. The van der Waals surface area contributed by atoms with E-state index < -0.39 is 13.2 Å². The van der Waals surface area contributed by atoms with E-state index in [0.717, 1.165) is 0 Å². The number of fused-ring (bicyclic) bond motifs is 1. The van der Waals surface area contributed by atoms with E-state index in [1.54, 1.807) is 72.8 Å². The predicted molar refractivity (Wildman–Crippen MR) is 118 cm³/mol. The molecule has 0 N–H and O–H groups in total. The number of halogens is 1. The van der Waals surface area contributed by atoms with Crippen molar-refractivity contribution in [3.63, 3.8) is 0 Å². The van der Waals surface area contributed by atoms with Crippen molar-refractivity contribution in [3.05, 3.63) is 93.8 Å². The van der Waals surface area contributed by atoms with Crippen LogP contribution < -0.4 is 24.7 Å². The van der Waals surface area contributed by atoms with Gasteiger partial charge in [0.05, 0.1) is 7.11 Å². The normalized spacial score (nSPS) is 11.3. The number of hydrogen-bond donors (Lipinski definition) is 0. The van der Waals surface area contributed by atoms with E-state index in [2.05, 4.69) is 15.9 Å². The second-order valence-electron chi connectivity index (χ2n) is 6.25. The zero-order valence-electron chi connectivity index (χ0n) is 15.8. The maximum Gasteiger partial charge on any atom is 0.470 e. The Morgan fingerprint density at radius 3 is 1.97 bits per heavy atom. The Labute approximate surface area is 180 Å². The minimum atomic E-state index is -4.16. The fraction of sp³-hybridized carbons (Fsp3) is 0.0455. The molecule has 0 aliphatic rings. The molecular formula is C22H16BrO6P. The number of para-hydroxylation sites is 2. The zero-order chi connectivity index (χ0) is 21.1. The van der Waals surface area contributed by atoms with Gasteiger partial charge in [-0.2, -0.15) is 0 Å². The smallest absolute Gasteiger partial charge is 0.470 e. The highest BCUT2D eigenvalue weighted by molar-refractivity contribution is 9.10. The Bertz CT molecular complexity index is 1240. The summed E-state index contributed by atoms with van der Waals surface area (Å²) in [5, 5.41) is 0.284. The van der Waals surface area contributed by atoms with Gasteiger partial charge >= 0.3 is 13.2 Å². The Morgan fingerprint density at radius 1 is 0.867 bits per heavy atom. The molecule has 0 saturated carbocycles. The van der Waals surface area contributed by atoms with Gasteiger partial charge in [-0.25, -0.2) is 9.36 Å². The van der Waals surface area contributed by atoms with E-state index in [9.17, 15) is 9.36 Å². The number of hydrogen-bond acceptors (Lipinski definition) is 6. The number of methoxy groups -OCH3 is 1. The van der Waals surface area contributed by atoms with Gasteiger partial charge < -0.3 is 18.2 Å². The minimum Gasteiger partial charge on any atom is -0.493 e. The molecule has 0 amide bonds. The molecule has 0 aliphatic carbocycles. The van der Waals surface area contributed by atoms with Crippen LogP contribution in [0.2, 0.25) is 0 Å². The lowest BCUT2D eigenvalue weighted by Gasteiger charge is -2.19. The van der Waals surface area contributed by atoms with E-state index in [-0.39, 0.29) is 10.9 Å². The maximum absolute atomic E-state index is 13.9. The van der Waals surface area contributed by atoms with Crippen LogP contribution in [0.25, 0.3) is 11.0 Å². The summed E-state index contributed by atoms with van der Waals surface area (Å²) in [5.74, 6) is 0.956. The third-order valence-electron chi connectivity index (χ3n) is 4.20. The average Bonchev–Trinajstić information content (AvgIpc) is 2.74. The molecule has 0 saturated heterocycles. The van der Waals surface area contributed by atoms with Crippen LogP contribution in [0.15, 0.2) is 92.5 Å². The van der Waals surface area contributed by atoms with E-state index in [1.807, 2.05) is 0 Å². The van der Waals surface area contributed by atoms with Crippen molar-refractivity contribution in [2.45, 2.75) is 0 Å². The van der Waals surface area contributed by atoms with Crippen LogP contribution >= 0.6 is 23.5 Å². The molecule has 0 atom stereocenters. The summed E-state index contributed by atoms with van der Waals surface area (Å²) < 4.78 is 36.8. The molecule has 0 aliphatic heterocycles. The Balaban J connectivity index is 1.90. The molecular weight excluding hydrogens is 471 g/mol. The largest absolute Gasteiger partial charge is 0.493 e. The first-order valence-electron chi connectivity index (χ1n) is 8.90. The van der Waals surface area contributed by atoms with Gasteiger partial charge in [0, 0.05) is 9.86 Å². The van der Waals surface area contributed by atoms with Crippen molar-refractivity contribution in [1.29, 1.82) is 0 Å². The molecule has 4 rings (SSSR count). The summed E-state index contributed by atoms with van der Waals surface area (Å²) in [6.45, 7) is 0. The first-order valence-corrected chi connectivity index (χ1v) is 11.2. The van der Waals surface area contributed by atoms with Crippen molar-refractivity contribution < 1.29 is 22.8 Å². The summed E-state index contributed by atoms with van der Waals surface area (Å²) in [5.41, 5.74) is -0.598. The quantitative estimate of drug-likeness (QED) is 0.263. The molecule has 152 valence electrons.